The van der Waals surface area contributed by atoms with Crippen molar-refractivity contribution in [2.75, 3.05) is 0 Å². The van der Waals surface area contributed by atoms with Gasteiger partial charge < -0.3 is 5.11 Å². The van der Waals surface area contributed by atoms with Gasteiger partial charge in [0.15, 0.2) is 0 Å². The first kappa shape index (κ1) is 12.9. The van der Waals surface area contributed by atoms with Crippen LogP contribution in [0, 0.1) is 5.41 Å². The molecule has 1 atom stereocenters. The van der Waals surface area contributed by atoms with Gasteiger partial charge in [-0.25, -0.2) is 0 Å². The smallest absolute Gasteiger partial charge is 0.310 e. The van der Waals surface area contributed by atoms with Crippen LogP contribution >= 0.6 is 11.6 Å². The lowest BCUT2D eigenvalue weighted by molar-refractivity contribution is -0.150. The fourth-order valence-corrected chi connectivity index (χ4v) is 4.84. The molecule has 2 aromatic carbocycles. The Morgan fingerprint density at radius 3 is 2.05 bits per heavy atom. The van der Waals surface area contributed by atoms with Crippen LogP contribution in [0.1, 0.15) is 41.5 Å². The number of carboxylic acids is 1. The maximum atomic E-state index is 12.0. The fourth-order valence-electron chi connectivity index (χ4n) is 4.22. The molecule has 0 saturated carbocycles. The van der Waals surface area contributed by atoms with Gasteiger partial charge in [-0.15, -0.1) is 11.6 Å². The van der Waals surface area contributed by atoms with Crippen LogP contribution in [0.4, 0.5) is 0 Å². The van der Waals surface area contributed by atoms with E-state index < -0.39 is 16.3 Å². The van der Waals surface area contributed by atoms with Crippen molar-refractivity contribution in [3.8, 4) is 0 Å². The molecule has 21 heavy (non-hydrogen) atoms. The summed E-state index contributed by atoms with van der Waals surface area (Å²) in [4.78, 5) is 11.2. The van der Waals surface area contributed by atoms with Crippen molar-refractivity contribution in [3.05, 3.63) is 70.8 Å². The Hall–Kier alpha value is -1.80. The highest BCUT2D eigenvalue weighted by Crippen LogP contribution is 2.65. The number of carboxylic acid groups (broad SMARTS) is 1. The minimum atomic E-state index is -0.871. The van der Waals surface area contributed by atoms with Crippen molar-refractivity contribution in [2.45, 2.75) is 24.1 Å². The zero-order valence-corrected chi connectivity index (χ0v) is 12.4. The number of benzene rings is 2. The Balaban J connectivity index is 2.12. The van der Waals surface area contributed by atoms with E-state index in [9.17, 15) is 9.90 Å². The summed E-state index contributed by atoms with van der Waals surface area (Å²) >= 11 is 7.02. The Bertz CT molecular complexity index is 720. The lowest BCUT2D eigenvalue weighted by Gasteiger charge is -2.53. The lowest BCUT2D eigenvalue weighted by Crippen LogP contribution is -2.50. The van der Waals surface area contributed by atoms with Gasteiger partial charge in [0.2, 0.25) is 0 Å². The first-order valence-electron chi connectivity index (χ1n) is 7.09. The van der Waals surface area contributed by atoms with Gasteiger partial charge in [-0.3, -0.25) is 4.79 Å². The molecule has 0 aliphatic heterocycles. The summed E-state index contributed by atoms with van der Waals surface area (Å²) in [5, 5.41) is 9.83. The van der Waals surface area contributed by atoms with Crippen molar-refractivity contribution in [3.63, 3.8) is 0 Å². The molecule has 0 heterocycles. The number of rotatable bonds is 1. The number of hydrogen-bond acceptors (Lipinski definition) is 1. The predicted molar refractivity (Wildman–Crippen MR) is 81.7 cm³/mol. The molecule has 0 aromatic heterocycles. The van der Waals surface area contributed by atoms with Crippen LogP contribution in [0.15, 0.2) is 48.5 Å². The quantitative estimate of drug-likeness (QED) is 0.805. The van der Waals surface area contributed by atoms with Crippen LogP contribution in [-0.2, 0) is 9.67 Å². The third-order valence-electron chi connectivity index (χ3n) is 5.13. The molecular weight excluding hydrogens is 284 g/mol. The van der Waals surface area contributed by atoms with Gasteiger partial charge in [0.1, 0.15) is 0 Å². The summed E-state index contributed by atoms with van der Waals surface area (Å²) in [5.41, 5.74) is 3.37. The highest BCUT2D eigenvalue weighted by Gasteiger charge is 2.60. The van der Waals surface area contributed by atoms with Crippen molar-refractivity contribution in [1.82, 2.24) is 0 Å². The van der Waals surface area contributed by atoms with Crippen LogP contribution in [-0.4, -0.2) is 11.1 Å². The zero-order chi connectivity index (χ0) is 14.8. The molecule has 106 valence electrons. The van der Waals surface area contributed by atoms with Crippen LogP contribution < -0.4 is 0 Å². The molecule has 2 aromatic rings. The van der Waals surface area contributed by atoms with E-state index in [1.165, 1.54) is 0 Å². The SMILES string of the molecule is CC1(C(=O)O)CC2(Cl)c3ccccc3C1c1ccccc12. The molecule has 0 amide bonds. The monoisotopic (exact) mass is 298 g/mol. The maximum absolute atomic E-state index is 12.0. The lowest BCUT2D eigenvalue weighted by atomic mass is 9.52. The second kappa shape index (κ2) is 3.89. The summed E-state index contributed by atoms with van der Waals surface area (Å²) in [6.45, 7) is 1.82. The summed E-state index contributed by atoms with van der Waals surface area (Å²) in [6, 6.07) is 16.0. The van der Waals surface area contributed by atoms with Gasteiger partial charge in [0.25, 0.3) is 0 Å². The summed E-state index contributed by atoms with van der Waals surface area (Å²) in [5.74, 6) is -0.912. The highest BCUT2D eigenvalue weighted by molar-refractivity contribution is 6.27. The van der Waals surface area contributed by atoms with Crippen LogP contribution in [0.2, 0.25) is 0 Å². The average Bonchev–Trinajstić information content (AvgIpc) is 2.47. The third kappa shape index (κ3) is 1.41. The Morgan fingerprint density at radius 1 is 1.10 bits per heavy atom. The van der Waals surface area contributed by atoms with Gasteiger partial charge in [0.05, 0.1) is 10.3 Å². The van der Waals surface area contributed by atoms with Crippen LogP contribution in [0.25, 0.3) is 0 Å². The number of carbonyl (C=O) groups is 1. The Morgan fingerprint density at radius 2 is 1.57 bits per heavy atom. The molecule has 0 saturated heterocycles. The summed E-state index contributed by atoms with van der Waals surface area (Å²) < 4.78 is 0. The van der Waals surface area contributed by atoms with Gasteiger partial charge in [-0.05, 0) is 35.6 Å². The topological polar surface area (TPSA) is 37.3 Å². The van der Waals surface area contributed by atoms with E-state index in [2.05, 4.69) is 0 Å². The number of fused-ring (bicyclic) bond motifs is 1. The van der Waals surface area contributed by atoms with E-state index in [-0.39, 0.29) is 5.92 Å². The normalized spacial score (nSPS) is 32.4. The second-order valence-electron chi connectivity index (χ2n) is 6.31. The van der Waals surface area contributed by atoms with Gasteiger partial charge in [-0.1, -0.05) is 48.5 Å². The molecule has 3 aliphatic rings. The summed E-state index contributed by atoms with van der Waals surface area (Å²) in [6.07, 6.45) is 0.426. The van der Waals surface area contributed by atoms with Crippen molar-refractivity contribution < 1.29 is 9.90 Å². The van der Waals surface area contributed by atoms with E-state index in [1.54, 1.807) is 0 Å². The Labute approximate surface area is 128 Å². The molecule has 5 rings (SSSR count). The van der Waals surface area contributed by atoms with Gasteiger partial charge in [0, 0.05) is 5.92 Å². The third-order valence-corrected chi connectivity index (χ3v) is 5.67. The predicted octanol–water partition coefficient (Wildman–Crippen LogP) is 4.11. The minimum Gasteiger partial charge on any atom is -0.481 e. The number of aliphatic carboxylic acids is 1. The number of alkyl halides is 1. The highest BCUT2D eigenvalue weighted by atomic mass is 35.5. The number of halogens is 1. The first-order valence-corrected chi connectivity index (χ1v) is 7.47. The second-order valence-corrected chi connectivity index (χ2v) is 6.95. The maximum Gasteiger partial charge on any atom is 0.310 e. The van der Waals surface area contributed by atoms with Crippen LogP contribution in [0.3, 0.4) is 0 Å². The van der Waals surface area contributed by atoms with Crippen molar-refractivity contribution in [2.24, 2.45) is 5.41 Å². The molecule has 3 aliphatic carbocycles. The van der Waals surface area contributed by atoms with Crippen molar-refractivity contribution in [1.29, 1.82) is 0 Å². The molecule has 0 radical (unpaired) electrons. The van der Waals surface area contributed by atoms with E-state index in [0.29, 0.717) is 6.42 Å². The minimum absolute atomic E-state index is 0.136. The van der Waals surface area contributed by atoms with Crippen LogP contribution in [0.5, 0.6) is 0 Å². The average molecular weight is 299 g/mol. The fraction of sp³-hybridized carbons (Fsp3) is 0.278. The standard InChI is InChI=1S/C18H15ClO2/c1-17(16(20)21)10-18(19)13-8-4-2-6-11(13)15(17)12-7-3-5-9-14(12)18/h2-9,15H,10H2,1H3,(H,20,21). The molecule has 1 N–H and O–H groups in total. The summed E-state index contributed by atoms with van der Waals surface area (Å²) in [7, 11) is 0. The largest absolute Gasteiger partial charge is 0.481 e. The number of hydrogen-bond donors (Lipinski definition) is 1. The molecule has 0 spiro atoms. The first-order chi connectivity index (χ1) is 9.98. The van der Waals surface area contributed by atoms with Gasteiger partial charge in [-0.2, -0.15) is 0 Å². The van der Waals surface area contributed by atoms with Gasteiger partial charge >= 0.3 is 5.97 Å². The molecule has 2 bridgehead atoms. The van der Waals surface area contributed by atoms with E-state index in [4.69, 9.17) is 11.6 Å². The molecular formula is C18H15ClO2. The molecule has 1 unspecified atom stereocenters. The van der Waals surface area contributed by atoms with E-state index in [1.807, 2.05) is 55.5 Å². The van der Waals surface area contributed by atoms with E-state index >= 15 is 0 Å². The molecule has 3 heteroatoms. The Kier molecular flexibility index (Phi) is 2.39. The van der Waals surface area contributed by atoms with Crippen molar-refractivity contribution >= 4 is 17.6 Å². The molecule has 2 nitrogen and oxygen atoms in total. The zero-order valence-electron chi connectivity index (χ0n) is 11.6. The van der Waals surface area contributed by atoms with E-state index in [0.717, 1.165) is 22.3 Å². The molecule has 0 fully saturated rings.